The molecule has 1 aliphatic heterocycles. The number of nitrogens with one attached hydrogen (secondary N) is 1. The van der Waals surface area contributed by atoms with Crippen molar-refractivity contribution in [1.29, 1.82) is 0 Å². The Balaban J connectivity index is 1.56. The predicted octanol–water partition coefficient (Wildman–Crippen LogP) is 3.78. The van der Waals surface area contributed by atoms with Crippen LogP contribution in [0.2, 0.25) is 0 Å². The van der Waals surface area contributed by atoms with Crippen molar-refractivity contribution in [1.82, 2.24) is 25.3 Å². The van der Waals surface area contributed by atoms with Crippen LogP contribution < -0.4 is 10.2 Å². The van der Waals surface area contributed by atoms with Gasteiger partial charge in [-0.3, -0.25) is 4.68 Å². The number of hydrogen-bond donors (Lipinski definition) is 1. The van der Waals surface area contributed by atoms with Gasteiger partial charge >= 0.3 is 0 Å². The molecule has 1 aromatic carbocycles. The summed E-state index contributed by atoms with van der Waals surface area (Å²) in [4.78, 5) is 2.28. The first-order valence-corrected chi connectivity index (χ1v) is 9.92. The van der Waals surface area contributed by atoms with Crippen LogP contribution in [0.15, 0.2) is 36.5 Å². The zero-order valence-corrected chi connectivity index (χ0v) is 17.7. The molecule has 0 atom stereocenters. The van der Waals surface area contributed by atoms with Crippen molar-refractivity contribution in [3.63, 3.8) is 0 Å². The van der Waals surface area contributed by atoms with Crippen LogP contribution in [0.1, 0.15) is 40.5 Å². The normalized spacial score (nSPS) is 19.1. The standard InChI is InChI=1S/C22H30N6/c1-21(2)12-17(13-22(3,4)26-21)27(5)20-10-8-18(24-25-20)15-7-9-19-16(11-15)14-23-28(19)6/h7-11,14,17,26H,12-13H2,1-6H3. The Morgan fingerprint density at radius 2 is 1.75 bits per heavy atom. The molecule has 148 valence electrons. The lowest BCUT2D eigenvalue weighted by Crippen LogP contribution is -2.62. The van der Waals surface area contributed by atoms with Crippen LogP contribution in [-0.4, -0.2) is 44.1 Å². The van der Waals surface area contributed by atoms with Gasteiger partial charge in [0, 0.05) is 42.2 Å². The summed E-state index contributed by atoms with van der Waals surface area (Å²) in [5.74, 6) is 0.921. The van der Waals surface area contributed by atoms with Gasteiger partial charge in [-0.1, -0.05) is 6.07 Å². The highest BCUT2D eigenvalue weighted by atomic mass is 15.3. The van der Waals surface area contributed by atoms with Gasteiger partial charge in [-0.05, 0) is 64.8 Å². The van der Waals surface area contributed by atoms with E-state index < -0.39 is 0 Å². The smallest absolute Gasteiger partial charge is 0.151 e. The summed E-state index contributed by atoms with van der Waals surface area (Å²) in [5.41, 5.74) is 3.27. The van der Waals surface area contributed by atoms with Crippen molar-refractivity contribution in [3.05, 3.63) is 36.5 Å². The van der Waals surface area contributed by atoms with Crippen LogP contribution in [0.4, 0.5) is 5.82 Å². The second kappa shape index (κ2) is 6.55. The highest BCUT2D eigenvalue weighted by Gasteiger charge is 2.39. The first kappa shape index (κ1) is 18.9. The van der Waals surface area contributed by atoms with Crippen LogP contribution in [0.25, 0.3) is 22.2 Å². The van der Waals surface area contributed by atoms with E-state index in [2.05, 4.69) is 90.6 Å². The van der Waals surface area contributed by atoms with Crippen LogP contribution in [-0.2, 0) is 7.05 Å². The third-order valence-electron chi connectivity index (χ3n) is 5.77. The maximum absolute atomic E-state index is 4.55. The first-order valence-electron chi connectivity index (χ1n) is 9.92. The van der Waals surface area contributed by atoms with E-state index in [1.54, 1.807) is 0 Å². The van der Waals surface area contributed by atoms with Gasteiger partial charge in [0.15, 0.2) is 5.82 Å². The molecular formula is C22H30N6. The molecule has 3 heterocycles. The first-order chi connectivity index (χ1) is 13.1. The number of benzene rings is 1. The molecule has 0 unspecified atom stereocenters. The average molecular weight is 379 g/mol. The summed E-state index contributed by atoms with van der Waals surface area (Å²) in [7, 11) is 4.09. The Kier molecular flexibility index (Phi) is 4.42. The van der Waals surface area contributed by atoms with Gasteiger partial charge in [0.2, 0.25) is 0 Å². The van der Waals surface area contributed by atoms with Gasteiger partial charge in [0.25, 0.3) is 0 Å². The lowest BCUT2D eigenvalue weighted by Gasteiger charge is -2.49. The molecule has 2 aromatic heterocycles. The van der Waals surface area contributed by atoms with Gasteiger partial charge in [-0.15, -0.1) is 10.2 Å². The minimum Gasteiger partial charge on any atom is -0.355 e. The molecule has 4 rings (SSSR count). The molecule has 0 bridgehead atoms. The Morgan fingerprint density at radius 1 is 1.04 bits per heavy atom. The third kappa shape index (κ3) is 3.61. The molecule has 28 heavy (non-hydrogen) atoms. The summed E-state index contributed by atoms with van der Waals surface area (Å²) < 4.78 is 1.88. The van der Waals surface area contributed by atoms with E-state index in [9.17, 15) is 0 Å². The second-order valence-electron chi connectivity index (χ2n) is 9.38. The van der Waals surface area contributed by atoms with Crippen molar-refractivity contribution < 1.29 is 0 Å². The maximum Gasteiger partial charge on any atom is 0.151 e. The highest BCUT2D eigenvalue weighted by Crippen LogP contribution is 2.33. The number of nitrogens with zero attached hydrogens (tertiary/aromatic N) is 5. The molecule has 6 heteroatoms. The number of anilines is 1. The zero-order valence-electron chi connectivity index (χ0n) is 17.7. The monoisotopic (exact) mass is 378 g/mol. The number of aryl methyl sites for hydroxylation is 1. The summed E-state index contributed by atoms with van der Waals surface area (Å²) >= 11 is 0. The summed E-state index contributed by atoms with van der Waals surface area (Å²) in [6.45, 7) is 9.10. The Bertz CT molecular complexity index is 970. The van der Waals surface area contributed by atoms with Crippen LogP contribution in [0.5, 0.6) is 0 Å². The molecule has 1 saturated heterocycles. The Labute approximate surface area is 167 Å². The van der Waals surface area contributed by atoms with Gasteiger partial charge < -0.3 is 10.2 Å². The molecular weight excluding hydrogens is 348 g/mol. The van der Waals surface area contributed by atoms with Crippen LogP contribution in [0, 0.1) is 0 Å². The van der Waals surface area contributed by atoms with Crippen molar-refractivity contribution in [2.75, 3.05) is 11.9 Å². The van der Waals surface area contributed by atoms with Crippen molar-refractivity contribution in [2.24, 2.45) is 7.05 Å². The number of rotatable bonds is 3. The quantitative estimate of drug-likeness (QED) is 0.752. The molecule has 1 fully saturated rings. The number of aromatic nitrogens is 4. The molecule has 1 aliphatic rings. The molecule has 0 aliphatic carbocycles. The zero-order chi connectivity index (χ0) is 20.1. The lowest BCUT2D eigenvalue weighted by atomic mass is 9.79. The minimum atomic E-state index is 0.104. The average Bonchev–Trinajstić information content (AvgIpc) is 2.99. The molecule has 3 aromatic rings. The largest absolute Gasteiger partial charge is 0.355 e. The Morgan fingerprint density at radius 3 is 2.39 bits per heavy atom. The molecule has 1 N–H and O–H groups in total. The third-order valence-corrected chi connectivity index (χ3v) is 5.77. The highest BCUT2D eigenvalue weighted by molar-refractivity contribution is 5.83. The fourth-order valence-corrected chi connectivity index (χ4v) is 4.72. The van der Waals surface area contributed by atoms with E-state index >= 15 is 0 Å². The van der Waals surface area contributed by atoms with E-state index in [1.807, 2.05) is 17.9 Å². The van der Waals surface area contributed by atoms with Gasteiger partial charge in [-0.25, -0.2) is 0 Å². The minimum absolute atomic E-state index is 0.104. The fraction of sp³-hybridized carbons (Fsp3) is 0.500. The molecule has 0 radical (unpaired) electrons. The van der Waals surface area contributed by atoms with Crippen molar-refractivity contribution in [3.8, 4) is 11.3 Å². The predicted molar refractivity (Wildman–Crippen MR) is 114 cm³/mol. The van der Waals surface area contributed by atoms with Crippen molar-refractivity contribution in [2.45, 2.75) is 57.7 Å². The van der Waals surface area contributed by atoms with E-state index in [0.717, 1.165) is 40.8 Å². The molecule has 0 spiro atoms. The van der Waals surface area contributed by atoms with Crippen LogP contribution >= 0.6 is 0 Å². The molecule has 0 saturated carbocycles. The second-order valence-corrected chi connectivity index (χ2v) is 9.38. The molecule has 0 amide bonds. The van der Waals surface area contributed by atoms with Gasteiger partial charge in [0.05, 0.1) is 17.4 Å². The number of hydrogen-bond acceptors (Lipinski definition) is 5. The number of piperidine rings is 1. The van der Waals surface area contributed by atoms with E-state index in [4.69, 9.17) is 0 Å². The van der Waals surface area contributed by atoms with E-state index in [-0.39, 0.29) is 11.1 Å². The lowest BCUT2D eigenvalue weighted by molar-refractivity contribution is 0.160. The number of fused-ring (bicyclic) bond motifs is 1. The Hall–Kier alpha value is -2.47. The SMILES string of the molecule is CN(c1ccc(-c2ccc3c(cnn3C)c2)nn1)C1CC(C)(C)NC(C)(C)C1. The topological polar surface area (TPSA) is 58.9 Å². The molecule has 6 nitrogen and oxygen atoms in total. The summed E-state index contributed by atoms with van der Waals surface area (Å²) in [5, 5.41) is 18.2. The van der Waals surface area contributed by atoms with Gasteiger partial charge in [0.1, 0.15) is 0 Å². The van der Waals surface area contributed by atoms with E-state index in [1.165, 1.54) is 0 Å². The van der Waals surface area contributed by atoms with Crippen LogP contribution in [0.3, 0.4) is 0 Å². The van der Waals surface area contributed by atoms with E-state index in [0.29, 0.717) is 6.04 Å². The van der Waals surface area contributed by atoms with Crippen molar-refractivity contribution >= 4 is 16.7 Å². The maximum atomic E-state index is 4.55. The summed E-state index contributed by atoms with van der Waals surface area (Å²) in [6, 6.07) is 10.9. The summed E-state index contributed by atoms with van der Waals surface area (Å²) in [6.07, 6.45) is 4.04. The van der Waals surface area contributed by atoms with Gasteiger partial charge in [-0.2, -0.15) is 5.10 Å². The fourth-order valence-electron chi connectivity index (χ4n) is 4.72.